The molecule has 1 unspecified atom stereocenters. The van der Waals surface area contributed by atoms with Gasteiger partial charge in [0.05, 0.1) is 13.2 Å². The van der Waals surface area contributed by atoms with Crippen LogP contribution >= 0.6 is 0 Å². The number of rotatable bonds is 4. The third-order valence-electron chi connectivity index (χ3n) is 3.39. The number of fused-ring (bicyclic) bond motifs is 1. The molecule has 0 radical (unpaired) electrons. The summed E-state index contributed by atoms with van der Waals surface area (Å²) in [5.74, 6) is 1.95. The molecule has 3 nitrogen and oxygen atoms in total. The van der Waals surface area contributed by atoms with Crippen molar-refractivity contribution in [1.29, 1.82) is 0 Å². The summed E-state index contributed by atoms with van der Waals surface area (Å²) in [6.45, 7) is 5.60. The Bertz CT molecular complexity index is 426. The van der Waals surface area contributed by atoms with Gasteiger partial charge in [-0.15, -0.1) is 0 Å². The van der Waals surface area contributed by atoms with Gasteiger partial charge in [-0.2, -0.15) is 0 Å². The molecule has 2 rings (SSSR count). The second kappa shape index (κ2) is 5.89. The number of ether oxygens (including phenoxy) is 2. The zero-order valence-electron chi connectivity index (χ0n) is 11.1. The van der Waals surface area contributed by atoms with Crippen LogP contribution in [0, 0.1) is 0 Å². The van der Waals surface area contributed by atoms with E-state index in [2.05, 4.69) is 19.9 Å². The maximum atomic E-state index is 10.7. The Morgan fingerprint density at radius 1 is 1.33 bits per heavy atom. The molecule has 18 heavy (non-hydrogen) atoms. The van der Waals surface area contributed by atoms with Gasteiger partial charge >= 0.3 is 0 Å². The van der Waals surface area contributed by atoms with Crippen molar-refractivity contribution in [2.75, 3.05) is 13.2 Å². The van der Waals surface area contributed by atoms with Gasteiger partial charge in [0.25, 0.3) is 0 Å². The normalized spacial score (nSPS) is 15.9. The quantitative estimate of drug-likeness (QED) is 0.768. The van der Waals surface area contributed by atoms with Crippen molar-refractivity contribution in [1.82, 2.24) is 0 Å². The standard InChI is InChI=1S/C15H20O3/c1-3-12-13(11(2)7-8-16)5-6-14-15(12)18-10-4-9-17-14/h5-6,8,11H,3-4,7,9-10H2,1-2H3. The lowest BCUT2D eigenvalue weighted by atomic mass is 9.91. The second-order valence-electron chi connectivity index (χ2n) is 4.67. The third kappa shape index (κ3) is 2.50. The van der Waals surface area contributed by atoms with E-state index in [1.807, 2.05) is 6.07 Å². The molecule has 0 amide bonds. The number of carbonyl (C=O) groups is 1. The van der Waals surface area contributed by atoms with Crippen molar-refractivity contribution in [3.05, 3.63) is 23.3 Å². The van der Waals surface area contributed by atoms with Crippen molar-refractivity contribution in [2.45, 2.75) is 39.0 Å². The zero-order valence-corrected chi connectivity index (χ0v) is 11.1. The SMILES string of the molecule is CCc1c(C(C)CC=O)ccc2c1OCCCO2. The summed E-state index contributed by atoms with van der Waals surface area (Å²) in [4.78, 5) is 10.7. The molecule has 3 heteroatoms. The Hall–Kier alpha value is -1.51. The molecule has 1 aliphatic heterocycles. The van der Waals surface area contributed by atoms with Crippen molar-refractivity contribution in [3.8, 4) is 11.5 Å². The molecule has 0 N–H and O–H groups in total. The number of hydrogen-bond acceptors (Lipinski definition) is 3. The van der Waals surface area contributed by atoms with Gasteiger partial charge in [-0.1, -0.05) is 19.9 Å². The largest absolute Gasteiger partial charge is 0.490 e. The summed E-state index contributed by atoms with van der Waals surface area (Å²) in [6.07, 6.45) is 3.34. The topological polar surface area (TPSA) is 35.5 Å². The van der Waals surface area contributed by atoms with Crippen LogP contribution in [0.1, 0.15) is 43.7 Å². The predicted molar refractivity (Wildman–Crippen MR) is 70.5 cm³/mol. The Kier molecular flexibility index (Phi) is 4.24. The van der Waals surface area contributed by atoms with Crippen molar-refractivity contribution in [2.24, 2.45) is 0 Å². The number of hydrogen-bond donors (Lipinski definition) is 0. The highest BCUT2D eigenvalue weighted by Crippen LogP contribution is 2.38. The lowest BCUT2D eigenvalue weighted by Gasteiger charge is -2.19. The minimum Gasteiger partial charge on any atom is -0.490 e. The van der Waals surface area contributed by atoms with E-state index in [1.54, 1.807) is 0 Å². The number of aldehydes is 1. The molecule has 1 heterocycles. The molecule has 1 atom stereocenters. The Morgan fingerprint density at radius 2 is 2.11 bits per heavy atom. The molecular weight excluding hydrogens is 228 g/mol. The minimum atomic E-state index is 0.231. The maximum Gasteiger partial charge on any atom is 0.164 e. The van der Waals surface area contributed by atoms with E-state index in [4.69, 9.17) is 9.47 Å². The van der Waals surface area contributed by atoms with E-state index in [-0.39, 0.29) is 5.92 Å². The highest BCUT2D eigenvalue weighted by molar-refractivity contribution is 5.56. The first-order valence-corrected chi connectivity index (χ1v) is 6.63. The monoisotopic (exact) mass is 248 g/mol. The fraction of sp³-hybridized carbons (Fsp3) is 0.533. The van der Waals surface area contributed by atoms with Crippen molar-refractivity contribution >= 4 is 6.29 Å². The molecule has 1 aliphatic rings. The van der Waals surface area contributed by atoms with E-state index < -0.39 is 0 Å². The summed E-state index contributed by atoms with van der Waals surface area (Å²) in [6, 6.07) is 4.04. The Labute approximate surface area is 108 Å². The lowest BCUT2D eigenvalue weighted by Crippen LogP contribution is -2.04. The molecule has 0 saturated carbocycles. The van der Waals surface area contributed by atoms with E-state index in [1.165, 1.54) is 11.1 Å². The molecule has 0 bridgehead atoms. The fourth-order valence-corrected chi connectivity index (χ4v) is 2.41. The smallest absolute Gasteiger partial charge is 0.164 e. The van der Waals surface area contributed by atoms with Crippen LogP contribution in [0.3, 0.4) is 0 Å². The van der Waals surface area contributed by atoms with Crippen LogP contribution in [0.4, 0.5) is 0 Å². The van der Waals surface area contributed by atoms with Crippen LogP contribution in [-0.2, 0) is 11.2 Å². The van der Waals surface area contributed by atoms with Gasteiger partial charge in [-0.05, 0) is 24.0 Å². The maximum absolute atomic E-state index is 10.7. The van der Waals surface area contributed by atoms with Gasteiger partial charge in [0.2, 0.25) is 0 Å². The van der Waals surface area contributed by atoms with Gasteiger partial charge in [0.15, 0.2) is 11.5 Å². The number of benzene rings is 1. The Balaban J connectivity index is 2.42. The van der Waals surface area contributed by atoms with Crippen LogP contribution < -0.4 is 9.47 Å². The van der Waals surface area contributed by atoms with E-state index >= 15 is 0 Å². The predicted octanol–water partition coefficient (Wildman–Crippen LogP) is 3.10. The van der Waals surface area contributed by atoms with Crippen LogP contribution in [-0.4, -0.2) is 19.5 Å². The molecule has 98 valence electrons. The van der Waals surface area contributed by atoms with Crippen LogP contribution in [0.25, 0.3) is 0 Å². The molecule has 0 saturated heterocycles. The van der Waals surface area contributed by atoms with E-state index in [0.29, 0.717) is 19.6 Å². The molecule has 0 aliphatic carbocycles. The van der Waals surface area contributed by atoms with Gasteiger partial charge in [-0.3, -0.25) is 0 Å². The first-order chi connectivity index (χ1) is 8.77. The van der Waals surface area contributed by atoms with Gasteiger partial charge in [0.1, 0.15) is 6.29 Å². The van der Waals surface area contributed by atoms with Gasteiger partial charge in [0, 0.05) is 18.4 Å². The molecule has 1 aromatic rings. The summed E-state index contributed by atoms with van der Waals surface area (Å²) in [5, 5.41) is 0. The zero-order chi connectivity index (χ0) is 13.0. The molecule has 1 aromatic carbocycles. The summed E-state index contributed by atoms with van der Waals surface area (Å²) >= 11 is 0. The first kappa shape index (κ1) is 12.9. The first-order valence-electron chi connectivity index (χ1n) is 6.63. The van der Waals surface area contributed by atoms with Crippen LogP contribution in [0.5, 0.6) is 11.5 Å². The average Bonchev–Trinajstić information content (AvgIpc) is 2.62. The van der Waals surface area contributed by atoms with Crippen LogP contribution in [0.15, 0.2) is 12.1 Å². The van der Waals surface area contributed by atoms with E-state index in [9.17, 15) is 4.79 Å². The highest BCUT2D eigenvalue weighted by atomic mass is 16.5. The van der Waals surface area contributed by atoms with Crippen molar-refractivity contribution < 1.29 is 14.3 Å². The summed E-state index contributed by atoms with van der Waals surface area (Å²) < 4.78 is 11.5. The third-order valence-corrected chi connectivity index (χ3v) is 3.39. The minimum absolute atomic E-state index is 0.231. The summed E-state index contributed by atoms with van der Waals surface area (Å²) in [5.41, 5.74) is 2.39. The fourth-order valence-electron chi connectivity index (χ4n) is 2.41. The summed E-state index contributed by atoms with van der Waals surface area (Å²) in [7, 11) is 0. The van der Waals surface area contributed by atoms with E-state index in [0.717, 1.165) is 30.6 Å². The lowest BCUT2D eigenvalue weighted by molar-refractivity contribution is -0.108. The number of carbonyl (C=O) groups excluding carboxylic acids is 1. The van der Waals surface area contributed by atoms with Crippen LogP contribution in [0.2, 0.25) is 0 Å². The molecular formula is C15H20O3. The Morgan fingerprint density at radius 3 is 2.83 bits per heavy atom. The van der Waals surface area contributed by atoms with Gasteiger partial charge in [-0.25, -0.2) is 0 Å². The molecule has 0 fully saturated rings. The molecule has 0 spiro atoms. The highest BCUT2D eigenvalue weighted by Gasteiger charge is 2.19. The second-order valence-corrected chi connectivity index (χ2v) is 4.67. The molecule has 0 aromatic heterocycles. The van der Waals surface area contributed by atoms with Gasteiger partial charge < -0.3 is 14.3 Å². The van der Waals surface area contributed by atoms with Crippen molar-refractivity contribution in [3.63, 3.8) is 0 Å². The average molecular weight is 248 g/mol.